The van der Waals surface area contributed by atoms with Crippen molar-refractivity contribution in [2.24, 2.45) is 0 Å². The van der Waals surface area contributed by atoms with Gasteiger partial charge in [0.15, 0.2) is 0 Å². The summed E-state index contributed by atoms with van der Waals surface area (Å²) in [5.74, 6) is -0.788. The number of benzene rings is 4. The Morgan fingerprint density at radius 3 is 2.11 bits per heavy atom. The van der Waals surface area contributed by atoms with E-state index in [1.807, 2.05) is 68.4 Å². The Kier molecular flexibility index (Phi) is 11.8. The van der Waals surface area contributed by atoms with Crippen LogP contribution in [0.1, 0.15) is 42.0 Å². The number of amides is 2. The summed E-state index contributed by atoms with van der Waals surface area (Å²) >= 11 is 6.23. The van der Waals surface area contributed by atoms with Crippen molar-refractivity contribution in [1.29, 1.82) is 0 Å². The van der Waals surface area contributed by atoms with Gasteiger partial charge in [0.25, 0.3) is 10.0 Å². The molecular weight excluding hydrogens is 606 g/mol. The van der Waals surface area contributed by atoms with E-state index in [0.29, 0.717) is 22.8 Å². The summed E-state index contributed by atoms with van der Waals surface area (Å²) in [6, 6.07) is 29.3. The maximum absolute atomic E-state index is 14.5. The number of carbonyl (C=O) groups excluding carboxylic acids is 2. The summed E-state index contributed by atoms with van der Waals surface area (Å²) in [6.07, 6.45) is 1.97. The number of halogens is 1. The fourth-order valence-corrected chi connectivity index (χ4v) is 6.81. The van der Waals surface area contributed by atoms with Crippen LogP contribution in [0.3, 0.4) is 0 Å². The van der Waals surface area contributed by atoms with Crippen LogP contribution in [0.15, 0.2) is 108 Å². The highest BCUT2D eigenvalue weighted by atomic mass is 35.5. The lowest BCUT2D eigenvalue weighted by atomic mass is 10.0. The highest BCUT2D eigenvalue weighted by Gasteiger charge is 2.35. The second-order valence-electron chi connectivity index (χ2n) is 11.1. The molecule has 0 aliphatic rings. The van der Waals surface area contributed by atoms with Gasteiger partial charge in [0.1, 0.15) is 12.6 Å². The fraction of sp³-hybridized carbons (Fsp3) is 0.278. The molecule has 1 atom stereocenters. The van der Waals surface area contributed by atoms with Crippen molar-refractivity contribution in [2.45, 2.75) is 57.5 Å². The summed E-state index contributed by atoms with van der Waals surface area (Å²) in [5.41, 5.74) is 3.70. The van der Waals surface area contributed by atoms with E-state index in [4.69, 9.17) is 11.6 Å². The van der Waals surface area contributed by atoms with E-state index >= 15 is 0 Å². The quantitative estimate of drug-likeness (QED) is 0.155. The zero-order valence-corrected chi connectivity index (χ0v) is 27.5. The van der Waals surface area contributed by atoms with Crippen LogP contribution < -0.4 is 9.62 Å². The summed E-state index contributed by atoms with van der Waals surface area (Å²) in [7, 11) is -4.18. The maximum Gasteiger partial charge on any atom is 0.264 e. The molecule has 0 spiro atoms. The van der Waals surface area contributed by atoms with Gasteiger partial charge in [-0.05, 0) is 67.3 Å². The maximum atomic E-state index is 14.5. The van der Waals surface area contributed by atoms with Crippen molar-refractivity contribution in [2.75, 3.05) is 17.4 Å². The first-order valence-electron chi connectivity index (χ1n) is 15.1. The molecule has 4 aromatic carbocycles. The lowest BCUT2D eigenvalue weighted by Gasteiger charge is -2.34. The Morgan fingerprint density at radius 1 is 0.844 bits per heavy atom. The second kappa shape index (κ2) is 15.7. The molecule has 4 rings (SSSR count). The number of nitrogens with zero attached hydrogens (tertiary/aromatic N) is 2. The molecule has 0 radical (unpaired) electrons. The van der Waals surface area contributed by atoms with E-state index in [-0.39, 0.29) is 23.8 Å². The molecular formula is C36H40ClN3O4S. The van der Waals surface area contributed by atoms with Gasteiger partial charge in [-0.3, -0.25) is 13.9 Å². The third kappa shape index (κ3) is 8.96. The van der Waals surface area contributed by atoms with Gasteiger partial charge in [0.2, 0.25) is 11.8 Å². The van der Waals surface area contributed by atoms with Gasteiger partial charge in [0, 0.05) is 24.5 Å². The Balaban J connectivity index is 1.80. The van der Waals surface area contributed by atoms with Gasteiger partial charge in [0.05, 0.1) is 10.6 Å². The predicted octanol–water partition coefficient (Wildman–Crippen LogP) is 6.71. The number of anilines is 1. The topological polar surface area (TPSA) is 86.8 Å². The van der Waals surface area contributed by atoms with Crippen LogP contribution in [-0.4, -0.2) is 44.3 Å². The summed E-state index contributed by atoms with van der Waals surface area (Å²) in [4.78, 5) is 29.9. The van der Waals surface area contributed by atoms with Crippen LogP contribution in [0, 0.1) is 13.8 Å². The molecule has 2 amide bonds. The van der Waals surface area contributed by atoms with Gasteiger partial charge in [-0.15, -0.1) is 0 Å². The smallest absolute Gasteiger partial charge is 0.264 e. The molecule has 0 aromatic heterocycles. The van der Waals surface area contributed by atoms with E-state index in [0.717, 1.165) is 33.8 Å². The van der Waals surface area contributed by atoms with Crippen LogP contribution >= 0.6 is 11.6 Å². The molecule has 0 unspecified atom stereocenters. The van der Waals surface area contributed by atoms with Crippen molar-refractivity contribution in [3.63, 3.8) is 0 Å². The Morgan fingerprint density at radius 2 is 1.49 bits per heavy atom. The van der Waals surface area contributed by atoms with E-state index in [1.54, 1.807) is 43.3 Å². The highest BCUT2D eigenvalue weighted by Crippen LogP contribution is 2.29. The molecule has 236 valence electrons. The average Bonchev–Trinajstić information content (AvgIpc) is 3.03. The van der Waals surface area contributed by atoms with Crippen LogP contribution in [-0.2, 0) is 32.6 Å². The lowest BCUT2D eigenvalue weighted by Crippen LogP contribution is -2.53. The minimum Gasteiger partial charge on any atom is -0.354 e. The number of sulfonamides is 1. The van der Waals surface area contributed by atoms with Gasteiger partial charge in [-0.25, -0.2) is 8.42 Å². The molecule has 9 heteroatoms. The first kappa shape index (κ1) is 33.7. The van der Waals surface area contributed by atoms with E-state index in [1.165, 1.54) is 17.0 Å². The average molecular weight is 646 g/mol. The van der Waals surface area contributed by atoms with Crippen molar-refractivity contribution in [3.05, 3.63) is 130 Å². The number of hydrogen-bond acceptors (Lipinski definition) is 4. The fourth-order valence-electron chi connectivity index (χ4n) is 5.08. The Bertz CT molecular complexity index is 1680. The van der Waals surface area contributed by atoms with E-state index in [9.17, 15) is 18.0 Å². The minimum atomic E-state index is -4.18. The number of carbonyl (C=O) groups is 2. The number of rotatable bonds is 14. The molecule has 0 aliphatic heterocycles. The Labute approximate surface area is 271 Å². The van der Waals surface area contributed by atoms with Crippen LogP contribution in [0.5, 0.6) is 0 Å². The van der Waals surface area contributed by atoms with Gasteiger partial charge in [-0.2, -0.15) is 0 Å². The van der Waals surface area contributed by atoms with Gasteiger partial charge >= 0.3 is 0 Å². The number of unbranched alkanes of at least 4 members (excludes halogenated alkanes) is 1. The van der Waals surface area contributed by atoms with Crippen LogP contribution in [0.2, 0.25) is 5.02 Å². The molecule has 0 aliphatic carbocycles. The number of aryl methyl sites for hydroxylation is 2. The zero-order valence-electron chi connectivity index (χ0n) is 25.9. The molecule has 0 saturated heterocycles. The molecule has 4 aromatic rings. The van der Waals surface area contributed by atoms with Crippen LogP contribution in [0.25, 0.3) is 0 Å². The monoisotopic (exact) mass is 645 g/mol. The molecule has 1 N–H and O–H groups in total. The standard InChI is InChI=1S/C36H40ClN3O4S/c1-4-5-22-38-36(42)34(24-29-12-8-6-9-13-29)39(25-30-18-16-27(2)17-19-30)35(41)26-40(33-21-20-31(37)23-28(33)3)45(43,44)32-14-10-7-11-15-32/h6-21,23,34H,4-5,22,24-26H2,1-3H3,(H,38,42)/t34-/m1/s1. The molecule has 45 heavy (non-hydrogen) atoms. The molecule has 0 bridgehead atoms. The number of nitrogens with one attached hydrogen (secondary N) is 1. The first-order valence-corrected chi connectivity index (χ1v) is 16.9. The van der Waals surface area contributed by atoms with Crippen molar-refractivity contribution < 1.29 is 18.0 Å². The van der Waals surface area contributed by atoms with E-state index in [2.05, 4.69) is 5.32 Å². The van der Waals surface area contributed by atoms with E-state index < -0.39 is 28.5 Å². The summed E-state index contributed by atoms with van der Waals surface area (Å²) < 4.78 is 29.4. The van der Waals surface area contributed by atoms with Crippen LogP contribution in [0.4, 0.5) is 5.69 Å². The SMILES string of the molecule is CCCCNC(=O)[C@@H](Cc1ccccc1)N(Cc1ccc(C)cc1)C(=O)CN(c1ccc(Cl)cc1C)S(=O)(=O)c1ccccc1. The Hall–Kier alpha value is -4.14. The predicted molar refractivity (Wildman–Crippen MR) is 181 cm³/mol. The van der Waals surface area contributed by atoms with Crippen molar-refractivity contribution in [1.82, 2.24) is 10.2 Å². The second-order valence-corrected chi connectivity index (χ2v) is 13.4. The lowest BCUT2D eigenvalue weighted by molar-refractivity contribution is -0.140. The normalized spacial score (nSPS) is 11.9. The zero-order chi connectivity index (χ0) is 32.4. The van der Waals surface area contributed by atoms with Crippen molar-refractivity contribution in [3.8, 4) is 0 Å². The molecule has 0 heterocycles. The number of hydrogen-bond donors (Lipinski definition) is 1. The highest BCUT2D eigenvalue weighted by molar-refractivity contribution is 7.92. The van der Waals surface area contributed by atoms with Gasteiger partial charge in [-0.1, -0.05) is 103 Å². The largest absolute Gasteiger partial charge is 0.354 e. The third-order valence-electron chi connectivity index (χ3n) is 7.61. The summed E-state index contributed by atoms with van der Waals surface area (Å²) in [5, 5.41) is 3.46. The first-order chi connectivity index (χ1) is 21.6. The van der Waals surface area contributed by atoms with Gasteiger partial charge < -0.3 is 10.2 Å². The third-order valence-corrected chi connectivity index (χ3v) is 9.62. The molecule has 7 nitrogen and oxygen atoms in total. The van der Waals surface area contributed by atoms with Crippen molar-refractivity contribution >= 4 is 39.1 Å². The summed E-state index contributed by atoms with van der Waals surface area (Å²) in [6.45, 7) is 5.86. The minimum absolute atomic E-state index is 0.0513. The molecule has 0 saturated carbocycles. The molecule has 0 fully saturated rings.